The second-order valence-electron chi connectivity index (χ2n) is 4.24. The van der Waals surface area contributed by atoms with Crippen LogP contribution in [-0.4, -0.2) is 32.2 Å². The Kier molecular flexibility index (Phi) is 7.18. The van der Waals surface area contributed by atoms with E-state index in [9.17, 15) is 4.79 Å². The van der Waals surface area contributed by atoms with Gasteiger partial charge in [-0.2, -0.15) is 0 Å². The lowest BCUT2D eigenvalue weighted by molar-refractivity contribution is -0.115. The minimum Gasteiger partial charge on any atom is -0.376 e. The van der Waals surface area contributed by atoms with Gasteiger partial charge in [-0.25, -0.2) is 0 Å². The number of carbonyl (C=O) groups is 1. The Bertz CT molecular complexity index is 418. The Labute approximate surface area is 118 Å². The molecule has 0 radical (unpaired) electrons. The molecule has 1 aromatic carbocycles. The summed E-state index contributed by atoms with van der Waals surface area (Å²) in [5.74, 6) is -0.0952. The van der Waals surface area contributed by atoms with Crippen LogP contribution in [0.15, 0.2) is 36.4 Å². The second-order valence-corrected chi connectivity index (χ2v) is 4.68. The maximum atomic E-state index is 11.6. The molecule has 1 amide bonds. The van der Waals surface area contributed by atoms with Crippen molar-refractivity contribution >= 4 is 23.2 Å². The van der Waals surface area contributed by atoms with Gasteiger partial charge < -0.3 is 15.4 Å². The van der Waals surface area contributed by atoms with E-state index in [-0.39, 0.29) is 12.5 Å². The van der Waals surface area contributed by atoms with Gasteiger partial charge >= 0.3 is 0 Å². The molecule has 4 nitrogen and oxygen atoms in total. The summed E-state index contributed by atoms with van der Waals surface area (Å²) in [6, 6.07) is 6.98. The predicted molar refractivity (Wildman–Crippen MR) is 78.6 cm³/mol. The number of hydrogen-bond donors (Lipinski definition) is 2. The van der Waals surface area contributed by atoms with Gasteiger partial charge in [0, 0.05) is 17.3 Å². The topological polar surface area (TPSA) is 50.4 Å². The number of anilines is 1. The zero-order chi connectivity index (χ0) is 14.1. The third-order valence-corrected chi connectivity index (χ3v) is 2.44. The fraction of sp³-hybridized carbons (Fsp3) is 0.357. The van der Waals surface area contributed by atoms with Crippen molar-refractivity contribution in [1.82, 2.24) is 5.32 Å². The molecule has 0 atom stereocenters. The van der Waals surface area contributed by atoms with Crippen LogP contribution in [0, 0.1) is 0 Å². The number of amides is 1. The van der Waals surface area contributed by atoms with Gasteiger partial charge in [0.15, 0.2) is 0 Å². The Morgan fingerprint density at radius 1 is 1.37 bits per heavy atom. The van der Waals surface area contributed by atoms with Crippen molar-refractivity contribution in [2.24, 2.45) is 0 Å². The summed E-state index contributed by atoms with van der Waals surface area (Å²) in [6.07, 6.45) is 0. The zero-order valence-corrected chi connectivity index (χ0v) is 11.8. The molecular formula is C14H19ClN2O2. The molecule has 5 heteroatoms. The number of halogens is 1. The first kappa shape index (κ1) is 15.7. The van der Waals surface area contributed by atoms with E-state index in [1.807, 2.05) is 6.92 Å². The standard InChI is InChI=1S/C14H19ClN2O2/c1-11(2)10-19-8-7-16-9-14(18)17-13-5-3-12(15)4-6-13/h3-6,16H,1,7-10H2,2H3,(H,17,18). The lowest BCUT2D eigenvalue weighted by atomic mass is 10.3. The summed E-state index contributed by atoms with van der Waals surface area (Å²) in [6.45, 7) is 7.63. The van der Waals surface area contributed by atoms with Crippen LogP contribution >= 0.6 is 11.6 Å². The van der Waals surface area contributed by atoms with Crippen LogP contribution in [0.3, 0.4) is 0 Å². The highest BCUT2D eigenvalue weighted by Crippen LogP contribution is 2.12. The molecule has 0 spiro atoms. The van der Waals surface area contributed by atoms with E-state index in [0.29, 0.717) is 24.8 Å². The summed E-state index contributed by atoms with van der Waals surface area (Å²) in [5, 5.41) is 6.41. The molecule has 0 bridgehead atoms. The van der Waals surface area contributed by atoms with Crippen molar-refractivity contribution in [1.29, 1.82) is 0 Å². The van der Waals surface area contributed by atoms with Crippen molar-refractivity contribution < 1.29 is 9.53 Å². The van der Waals surface area contributed by atoms with E-state index >= 15 is 0 Å². The summed E-state index contributed by atoms with van der Waals surface area (Å²) >= 11 is 5.76. The molecule has 0 aromatic heterocycles. The van der Waals surface area contributed by atoms with Gasteiger partial charge in [-0.15, -0.1) is 0 Å². The van der Waals surface area contributed by atoms with Crippen molar-refractivity contribution in [3.05, 3.63) is 41.4 Å². The molecule has 0 saturated carbocycles. The van der Waals surface area contributed by atoms with E-state index in [4.69, 9.17) is 16.3 Å². The van der Waals surface area contributed by atoms with Crippen molar-refractivity contribution in [2.45, 2.75) is 6.92 Å². The SMILES string of the molecule is C=C(C)COCCNCC(=O)Nc1ccc(Cl)cc1. The van der Waals surface area contributed by atoms with Gasteiger partial charge in [0.05, 0.1) is 19.8 Å². The second kappa shape index (κ2) is 8.69. The van der Waals surface area contributed by atoms with Gasteiger partial charge in [0.25, 0.3) is 0 Å². The van der Waals surface area contributed by atoms with E-state index in [0.717, 1.165) is 11.3 Å². The highest BCUT2D eigenvalue weighted by atomic mass is 35.5. The molecule has 0 unspecified atom stereocenters. The third-order valence-electron chi connectivity index (χ3n) is 2.19. The summed E-state index contributed by atoms with van der Waals surface area (Å²) in [5.41, 5.74) is 1.72. The molecule has 0 aliphatic rings. The minimum atomic E-state index is -0.0952. The Morgan fingerprint density at radius 2 is 2.05 bits per heavy atom. The molecule has 0 fully saturated rings. The van der Waals surface area contributed by atoms with Crippen LogP contribution < -0.4 is 10.6 Å². The lowest BCUT2D eigenvalue weighted by Gasteiger charge is -2.07. The molecule has 0 heterocycles. The molecule has 0 aliphatic heterocycles. The molecule has 1 rings (SSSR count). The first-order chi connectivity index (χ1) is 9.08. The smallest absolute Gasteiger partial charge is 0.238 e. The highest BCUT2D eigenvalue weighted by molar-refractivity contribution is 6.30. The van der Waals surface area contributed by atoms with Gasteiger partial charge in [-0.05, 0) is 31.2 Å². The van der Waals surface area contributed by atoms with Crippen molar-refractivity contribution in [3.8, 4) is 0 Å². The van der Waals surface area contributed by atoms with Crippen LogP contribution in [0.1, 0.15) is 6.92 Å². The number of rotatable bonds is 8. The molecule has 0 saturated heterocycles. The van der Waals surface area contributed by atoms with E-state index in [1.165, 1.54) is 0 Å². The quantitative estimate of drug-likeness (QED) is 0.569. The van der Waals surface area contributed by atoms with Crippen LogP contribution in [-0.2, 0) is 9.53 Å². The third kappa shape index (κ3) is 7.62. The van der Waals surface area contributed by atoms with Gasteiger partial charge in [-0.1, -0.05) is 23.8 Å². The van der Waals surface area contributed by atoms with Crippen molar-refractivity contribution in [3.63, 3.8) is 0 Å². The molecular weight excluding hydrogens is 264 g/mol. The summed E-state index contributed by atoms with van der Waals surface area (Å²) < 4.78 is 5.30. The van der Waals surface area contributed by atoms with Gasteiger partial charge in [0.2, 0.25) is 5.91 Å². The summed E-state index contributed by atoms with van der Waals surface area (Å²) in [4.78, 5) is 11.6. The Morgan fingerprint density at radius 3 is 2.68 bits per heavy atom. The Hall–Kier alpha value is -1.36. The minimum absolute atomic E-state index is 0.0952. The monoisotopic (exact) mass is 282 g/mol. The van der Waals surface area contributed by atoms with Gasteiger partial charge in [0.1, 0.15) is 0 Å². The number of nitrogens with one attached hydrogen (secondary N) is 2. The highest BCUT2D eigenvalue weighted by Gasteiger charge is 2.01. The summed E-state index contributed by atoms with van der Waals surface area (Å²) in [7, 11) is 0. The van der Waals surface area contributed by atoms with Gasteiger partial charge in [-0.3, -0.25) is 4.79 Å². The van der Waals surface area contributed by atoms with Crippen molar-refractivity contribution in [2.75, 3.05) is 31.6 Å². The van der Waals surface area contributed by atoms with Crippen LogP contribution in [0.2, 0.25) is 5.02 Å². The average molecular weight is 283 g/mol. The molecule has 19 heavy (non-hydrogen) atoms. The van der Waals surface area contributed by atoms with Crippen LogP contribution in [0.25, 0.3) is 0 Å². The molecule has 0 aliphatic carbocycles. The number of hydrogen-bond acceptors (Lipinski definition) is 3. The molecule has 104 valence electrons. The number of carbonyl (C=O) groups excluding carboxylic acids is 1. The number of ether oxygens (including phenoxy) is 1. The molecule has 1 aromatic rings. The normalized spacial score (nSPS) is 10.2. The largest absolute Gasteiger partial charge is 0.376 e. The zero-order valence-electron chi connectivity index (χ0n) is 11.0. The first-order valence-electron chi connectivity index (χ1n) is 6.06. The fourth-order valence-electron chi connectivity index (χ4n) is 1.33. The fourth-order valence-corrected chi connectivity index (χ4v) is 1.46. The van der Waals surface area contributed by atoms with E-state index < -0.39 is 0 Å². The number of benzene rings is 1. The predicted octanol–water partition coefficient (Wildman–Crippen LogP) is 2.46. The maximum Gasteiger partial charge on any atom is 0.238 e. The lowest BCUT2D eigenvalue weighted by Crippen LogP contribution is -2.30. The molecule has 2 N–H and O–H groups in total. The van der Waals surface area contributed by atoms with Crippen LogP contribution in [0.5, 0.6) is 0 Å². The van der Waals surface area contributed by atoms with E-state index in [1.54, 1.807) is 24.3 Å². The first-order valence-corrected chi connectivity index (χ1v) is 6.44. The van der Waals surface area contributed by atoms with E-state index in [2.05, 4.69) is 17.2 Å². The van der Waals surface area contributed by atoms with Crippen LogP contribution in [0.4, 0.5) is 5.69 Å². The maximum absolute atomic E-state index is 11.6. The average Bonchev–Trinajstić information content (AvgIpc) is 2.36. The Balaban J connectivity index is 2.11.